The second-order valence-electron chi connectivity index (χ2n) is 7.75. The van der Waals surface area contributed by atoms with Crippen LogP contribution in [-0.4, -0.2) is 40.1 Å². The summed E-state index contributed by atoms with van der Waals surface area (Å²) in [6.45, 7) is 7.62. The van der Waals surface area contributed by atoms with Gasteiger partial charge in [-0.3, -0.25) is 10.1 Å². The van der Waals surface area contributed by atoms with Crippen molar-refractivity contribution in [2.45, 2.75) is 76.3 Å². The fourth-order valence-corrected chi connectivity index (χ4v) is 5.60. The van der Waals surface area contributed by atoms with Gasteiger partial charge in [0.05, 0.1) is 12.2 Å². The molecule has 1 amide bonds. The molecule has 0 bridgehead atoms. The van der Waals surface area contributed by atoms with Crippen LogP contribution in [0.3, 0.4) is 0 Å². The zero-order valence-electron chi connectivity index (χ0n) is 13.7. The van der Waals surface area contributed by atoms with Crippen molar-refractivity contribution < 1.29 is 4.79 Å². The lowest BCUT2D eigenvalue weighted by Crippen LogP contribution is -2.47. The zero-order chi connectivity index (χ0) is 15.0. The van der Waals surface area contributed by atoms with Gasteiger partial charge in [-0.05, 0) is 50.2 Å². The van der Waals surface area contributed by atoms with Crippen molar-refractivity contribution >= 4 is 17.7 Å². The summed E-state index contributed by atoms with van der Waals surface area (Å²) in [5.74, 6) is 2.67. The van der Waals surface area contributed by atoms with Crippen LogP contribution in [0.5, 0.6) is 0 Å². The van der Waals surface area contributed by atoms with Crippen LogP contribution in [0.25, 0.3) is 0 Å². The molecule has 120 valence electrons. The molecule has 3 nitrogen and oxygen atoms in total. The Balaban J connectivity index is 1.77. The molecule has 3 aliphatic rings. The van der Waals surface area contributed by atoms with E-state index in [0.29, 0.717) is 23.9 Å². The molecule has 4 heteroatoms. The van der Waals surface area contributed by atoms with Crippen LogP contribution in [0.2, 0.25) is 0 Å². The normalized spacial score (nSPS) is 38.1. The molecule has 1 N–H and O–H groups in total. The summed E-state index contributed by atoms with van der Waals surface area (Å²) in [6.07, 6.45) is 8.10. The molecular formula is C17H30N2OS. The van der Waals surface area contributed by atoms with Crippen molar-refractivity contribution in [2.24, 2.45) is 11.8 Å². The van der Waals surface area contributed by atoms with E-state index < -0.39 is 0 Å². The van der Waals surface area contributed by atoms with E-state index in [0.717, 1.165) is 6.54 Å². The van der Waals surface area contributed by atoms with E-state index in [1.165, 1.54) is 44.3 Å². The van der Waals surface area contributed by atoms with Crippen LogP contribution in [0.4, 0.5) is 0 Å². The summed E-state index contributed by atoms with van der Waals surface area (Å²) < 4.78 is 0.278. The molecule has 2 heterocycles. The Hall–Kier alpha value is -0.220. The van der Waals surface area contributed by atoms with Crippen LogP contribution in [0.1, 0.15) is 59.3 Å². The molecule has 3 fully saturated rings. The second kappa shape index (κ2) is 6.11. The van der Waals surface area contributed by atoms with E-state index in [4.69, 9.17) is 0 Å². The van der Waals surface area contributed by atoms with Gasteiger partial charge in [0, 0.05) is 11.3 Å². The highest BCUT2D eigenvalue weighted by molar-refractivity contribution is 8.00. The molecule has 0 spiro atoms. The van der Waals surface area contributed by atoms with Crippen molar-refractivity contribution in [3.8, 4) is 0 Å². The third kappa shape index (κ3) is 3.12. The summed E-state index contributed by atoms with van der Waals surface area (Å²) in [6, 6.07) is 0.0330. The fourth-order valence-electron chi connectivity index (χ4n) is 4.30. The maximum Gasteiger partial charge on any atom is 0.241 e. The van der Waals surface area contributed by atoms with E-state index in [-0.39, 0.29) is 10.8 Å². The van der Waals surface area contributed by atoms with Gasteiger partial charge in [-0.2, -0.15) is 11.8 Å². The molecule has 0 aromatic rings. The van der Waals surface area contributed by atoms with E-state index >= 15 is 0 Å². The van der Waals surface area contributed by atoms with Crippen molar-refractivity contribution in [2.75, 3.05) is 12.3 Å². The highest BCUT2D eigenvalue weighted by Crippen LogP contribution is 2.41. The van der Waals surface area contributed by atoms with Gasteiger partial charge in [0.15, 0.2) is 0 Å². The van der Waals surface area contributed by atoms with Crippen LogP contribution in [0.15, 0.2) is 0 Å². The number of carbonyl (C=O) groups excluding carboxylic acids is 1. The van der Waals surface area contributed by atoms with Gasteiger partial charge in [0.1, 0.15) is 0 Å². The van der Waals surface area contributed by atoms with Gasteiger partial charge in [-0.1, -0.05) is 26.7 Å². The van der Waals surface area contributed by atoms with E-state index in [1.807, 2.05) is 0 Å². The average molecular weight is 311 g/mol. The molecule has 2 saturated heterocycles. The number of hydrogen-bond donors (Lipinski definition) is 1. The second-order valence-corrected chi connectivity index (χ2v) is 9.43. The topological polar surface area (TPSA) is 32.3 Å². The lowest BCUT2D eigenvalue weighted by atomic mass is 10.0. The lowest BCUT2D eigenvalue weighted by Gasteiger charge is -2.35. The smallest absolute Gasteiger partial charge is 0.241 e. The molecule has 3 rings (SSSR count). The highest BCUT2D eigenvalue weighted by Gasteiger charge is 2.46. The van der Waals surface area contributed by atoms with Crippen LogP contribution >= 0.6 is 11.8 Å². The summed E-state index contributed by atoms with van der Waals surface area (Å²) in [7, 11) is 0. The number of amides is 1. The molecule has 0 aromatic carbocycles. The number of nitrogens with zero attached hydrogens (tertiary/aromatic N) is 1. The summed E-state index contributed by atoms with van der Waals surface area (Å²) in [5.41, 5.74) is 0. The number of hydrogen-bond acceptors (Lipinski definition) is 3. The van der Waals surface area contributed by atoms with Crippen LogP contribution in [0, 0.1) is 11.8 Å². The number of rotatable bonds is 4. The molecule has 3 unspecified atom stereocenters. The Labute approximate surface area is 133 Å². The SMILES string of the molecule is CC(C)C1NC(C2CCCC2)N(CC2(C)CCCS2)C1=O. The Morgan fingerprint density at radius 3 is 2.62 bits per heavy atom. The Bertz CT molecular complexity index is 386. The molecule has 0 radical (unpaired) electrons. The number of nitrogens with one attached hydrogen (secondary N) is 1. The monoisotopic (exact) mass is 310 g/mol. The van der Waals surface area contributed by atoms with Crippen molar-refractivity contribution in [1.29, 1.82) is 0 Å². The summed E-state index contributed by atoms with van der Waals surface area (Å²) in [4.78, 5) is 15.1. The predicted molar refractivity (Wildman–Crippen MR) is 89.3 cm³/mol. The van der Waals surface area contributed by atoms with Gasteiger partial charge in [-0.25, -0.2) is 0 Å². The average Bonchev–Trinajstić information content (AvgIpc) is 3.13. The first-order valence-corrected chi connectivity index (χ1v) is 9.69. The largest absolute Gasteiger partial charge is 0.324 e. The third-order valence-corrected chi connectivity index (χ3v) is 7.08. The Morgan fingerprint density at radius 1 is 1.33 bits per heavy atom. The minimum atomic E-state index is 0.0330. The van der Waals surface area contributed by atoms with Gasteiger partial charge >= 0.3 is 0 Å². The lowest BCUT2D eigenvalue weighted by molar-refractivity contribution is -0.131. The van der Waals surface area contributed by atoms with E-state index in [9.17, 15) is 4.79 Å². The van der Waals surface area contributed by atoms with Gasteiger partial charge in [0.25, 0.3) is 0 Å². The van der Waals surface area contributed by atoms with Gasteiger partial charge < -0.3 is 4.90 Å². The summed E-state index contributed by atoms with van der Waals surface area (Å²) >= 11 is 2.07. The Morgan fingerprint density at radius 2 is 2.05 bits per heavy atom. The quantitative estimate of drug-likeness (QED) is 0.865. The zero-order valence-corrected chi connectivity index (χ0v) is 14.5. The minimum absolute atomic E-state index is 0.0330. The number of thioether (sulfide) groups is 1. The molecule has 3 atom stereocenters. The first-order chi connectivity index (χ1) is 10.0. The first kappa shape index (κ1) is 15.7. The third-order valence-electron chi connectivity index (χ3n) is 5.55. The maximum absolute atomic E-state index is 12.9. The first-order valence-electron chi connectivity index (χ1n) is 8.71. The van der Waals surface area contributed by atoms with Crippen molar-refractivity contribution in [1.82, 2.24) is 10.2 Å². The molecule has 1 aliphatic carbocycles. The van der Waals surface area contributed by atoms with Crippen molar-refractivity contribution in [3.05, 3.63) is 0 Å². The standard InChI is InChI=1S/C17H30N2OS/c1-12(2)14-16(20)19(11-17(3)9-6-10-21-17)15(18-14)13-7-4-5-8-13/h12-15,18H,4-11H2,1-3H3. The van der Waals surface area contributed by atoms with Crippen LogP contribution < -0.4 is 5.32 Å². The molecule has 21 heavy (non-hydrogen) atoms. The molecule has 2 aliphatic heterocycles. The number of carbonyl (C=O) groups is 1. The van der Waals surface area contributed by atoms with Crippen molar-refractivity contribution in [3.63, 3.8) is 0 Å². The van der Waals surface area contributed by atoms with Crippen LogP contribution in [-0.2, 0) is 4.79 Å². The minimum Gasteiger partial charge on any atom is -0.324 e. The van der Waals surface area contributed by atoms with E-state index in [1.54, 1.807) is 0 Å². The fraction of sp³-hybridized carbons (Fsp3) is 0.941. The summed E-state index contributed by atoms with van der Waals surface area (Å²) in [5, 5.41) is 3.69. The maximum atomic E-state index is 12.9. The Kier molecular flexibility index (Phi) is 4.56. The molecular weight excluding hydrogens is 280 g/mol. The molecule has 0 aromatic heterocycles. The highest BCUT2D eigenvalue weighted by atomic mass is 32.2. The van der Waals surface area contributed by atoms with Gasteiger partial charge in [-0.15, -0.1) is 0 Å². The predicted octanol–water partition coefficient (Wildman–Crippen LogP) is 3.24. The molecule has 1 saturated carbocycles. The van der Waals surface area contributed by atoms with Gasteiger partial charge in [0.2, 0.25) is 5.91 Å². The van der Waals surface area contributed by atoms with E-state index in [2.05, 4.69) is 42.7 Å².